The second kappa shape index (κ2) is 7.98. The van der Waals surface area contributed by atoms with Crippen LogP contribution in [0.4, 0.5) is 10.5 Å². The second-order valence-corrected chi connectivity index (χ2v) is 8.16. The summed E-state index contributed by atoms with van der Waals surface area (Å²) in [5.74, 6) is 0.516. The van der Waals surface area contributed by atoms with Crippen molar-refractivity contribution in [2.45, 2.75) is 18.8 Å². The molecule has 1 saturated heterocycles. The fourth-order valence-electron chi connectivity index (χ4n) is 2.86. The Kier molecular flexibility index (Phi) is 5.67. The van der Waals surface area contributed by atoms with Crippen LogP contribution in [-0.2, 0) is 20.5 Å². The van der Waals surface area contributed by atoms with Gasteiger partial charge >= 0.3 is 6.09 Å². The fourth-order valence-corrected chi connectivity index (χ4v) is 4.14. The molecule has 1 aliphatic heterocycles. The molecule has 1 amide bonds. The van der Waals surface area contributed by atoms with Crippen LogP contribution in [0.3, 0.4) is 0 Å². The molecule has 0 radical (unpaired) electrons. The summed E-state index contributed by atoms with van der Waals surface area (Å²) in [5, 5.41) is 0. The normalized spacial score (nSPS) is 17.0. The highest BCUT2D eigenvalue weighted by molar-refractivity contribution is 7.88. The minimum absolute atomic E-state index is 0.0282. The molecule has 1 aliphatic rings. The number of nitrogens with zero attached hydrogens (tertiary/aromatic N) is 1. The van der Waals surface area contributed by atoms with Gasteiger partial charge < -0.3 is 9.47 Å². The molecule has 7 nitrogen and oxygen atoms in total. The van der Waals surface area contributed by atoms with Crippen molar-refractivity contribution >= 4 is 21.8 Å². The number of ether oxygens (including phenoxy) is 2. The van der Waals surface area contributed by atoms with Crippen LogP contribution in [0.15, 0.2) is 48.5 Å². The van der Waals surface area contributed by atoms with Crippen molar-refractivity contribution in [2.75, 3.05) is 25.1 Å². The van der Waals surface area contributed by atoms with Crippen molar-refractivity contribution in [3.05, 3.63) is 59.7 Å². The van der Waals surface area contributed by atoms with E-state index in [-0.39, 0.29) is 18.8 Å². The number of hydrogen-bond acceptors (Lipinski definition) is 5. The molecule has 2 aromatic carbocycles. The Morgan fingerprint density at radius 1 is 1.22 bits per heavy atom. The Morgan fingerprint density at radius 2 is 2.00 bits per heavy atom. The monoisotopic (exact) mass is 390 g/mol. The fraction of sp³-hybridized carbons (Fsp3) is 0.316. The Bertz CT molecular complexity index is 929. The average molecular weight is 390 g/mol. The Hall–Kier alpha value is -2.58. The molecule has 0 aromatic heterocycles. The molecule has 1 unspecified atom stereocenters. The van der Waals surface area contributed by atoms with Crippen LogP contribution in [0.5, 0.6) is 5.75 Å². The van der Waals surface area contributed by atoms with Gasteiger partial charge in [-0.2, -0.15) is 0 Å². The molecule has 1 heterocycles. The third-order valence-electron chi connectivity index (χ3n) is 4.38. The van der Waals surface area contributed by atoms with Gasteiger partial charge in [-0.25, -0.2) is 17.9 Å². The summed E-state index contributed by atoms with van der Waals surface area (Å²) in [4.78, 5) is 13.6. The van der Waals surface area contributed by atoms with E-state index in [9.17, 15) is 13.2 Å². The number of cyclic esters (lactones) is 1. The number of methoxy groups -OCH3 is 1. The van der Waals surface area contributed by atoms with Crippen LogP contribution >= 0.6 is 0 Å². The summed E-state index contributed by atoms with van der Waals surface area (Å²) in [6.07, 6.45) is -1.07. The van der Waals surface area contributed by atoms with E-state index in [1.807, 2.05) is 25.1 Å². The maximum Gasteiger partial charge on any atom is 0.414 e. The molecular formula is C19H22N2O5S. The second-order valence-electron chi connectivity index (χ2n) is 6.35. The molecule has 1 fully saturated rings. The molecule has 0 spiro atoms. The topological polar surface area (TPSA) is 84.9 Å². The van der Waals surface area contributed by atoms with Gasteiger partial charge in [0.2, 0.25) is 10.0 Å². The summed E-state index contributed by atoms with van der Waals surface area (Å²) in [6, 6.07) is 14.4. The van der Waals surface area contributed by atoms with Crippen LogP contribution in [0, 0.1) is 6.92 Å². The highest BCUT2D eigenvalue weighted by atomic mass is 32.2. The third kappa shape index (κ3) is 4.78. The molecule has 144 valence electrons. The molecule has 1 N–H and O–H groups in total. The van der Waals surface area contributed by atoms with Crippen LogP contribution in [0.1, 0.15) is 11.1 Å². The number of benzene rings is 2. The predicted octanol–water partition coefficient (Wildman–Crippen LogP) is 2.45. The van der Waals surface area contributed by atoms with Gasteiger partial charge in [0, 0.05) is 12.6 Å². The summed E-state index contributed by atoms with van der Waals surface area (Å²) in [5.41, 5.74) is 2.30. The van der Waals surface area contributed by atoms with Gasteiger partial charge in [-0.1, -0.05) is 30.3 Å². The van der Waals surface area contributed by atoms with Crippen molar-refractivity contribution < 1.29 is 22.7 Å². The largest absolute Gasteiger partial charge is 0.497 e. The summed E-state index contributed by atoms with van der Waals surface area (Å²) < 4.78 is 37.7. The van der Waals surface area contributed by atoms with Gasteiger partial charge in [-0.05, 0) is 30.2 Å². The maximum absolute atomic E-state index is 12.3. The van der Waals surface area contributed by atoms with E-state index in [4.69, 9.17) is 9.47 Å². The molecule has 0 aliphatic carbocycles. The van der Waals surface area contributed by atoms with Crippen LogP contribution in [0.25, 0.3) is 0 Å². The lowest BCUT2D eigenvalue weighted by Gasteiger charge is -2.14. The lowest BCUT2D eigenvalue weighted by atomic mass is 10.1. The number of anilines is 1. The molecule has 8 heteroatoms. The quantitative estimate of drug-likeness (QED) is 0.785. The number of amides is 1. The molecule has 1 atom stereocenters. The number of carbonyl (C=O) groups is 1. The van der Waals surface area contributed by atoms with Gasteiger partial charge in [-0.15, -0.1) is 0 Å². The molecule has 2 aromatic rings. The zero-order chi connectivity index (χ0) is 19.4. The SMILES string of the molecule is COc1cccc(N2CC(CNS(=O)(=O)Cc3ccccc3C)OC2=O)c1. The van der Waals surface area contributed by atoms with Gasteiger partial charge in [0.05, 0.1) is 25.1 Å². The smallest absolute Gasteiger partial charge is 0.414 e. The number of sulfonamides is 1. The van der Waals surface area contributed by atoms with E-state index < -0.39 is 22.2 Å². The molecule has 0 bridgehead atoms. The van der Waals surface area contributed by atoms with Crippen molar-refractivity contribution in [2.24, 2.45) is 0 Å². The zero-order valence-corrected chi connectivity index (χ0v) is 16.0. The lowest BCUT2D eigenvalue weighted by molar-refractivity contribution is 0.143. The highest BCUT2D eigenvalue weighted by Crippen LogP contribution is 2.25. The van der Waals surface area contributed by atoms with E-state index in [0.29, 0.717) is 11.4 Å². The first-order chi connectivity index (χ1) is 12.9. The maximum atomic E-state index is 12.3. The Balaban J connectivity index is 1.60. The van der Waals surface area contributed by atoms with Crippen molar-refractivity contribution in [1.29, 1.82) is 0 Å². The minimum atomic E-state index is -3.53. The van der Waals surface area contributed by atoms with Crippen LogP contribution in [0.2, 0.25) is 0 Å². The van der Waals surface area contributed by atoms with E-state index in [1.54, 1.807) is 37.4 Å². The zero-order valence-electron chi connectivity index (χ0n) is 15.2. The van der Waals surface area contributed by atoms with Crippen LogP contribution < -0.4 is 14.4 Å². The Morgan fingerprint density at radius 3 is 2.74 bits per heavy atom. The van der Waals surface area contributed by atoms with E-state index in [2.05, 4.69) is 4.72 Å². The highest BCUT2D eigenvalue weighted by Gasteiger charge is 2.33. The van der Waals surface area contributed by atoms with Crippen molar-refractivity contribution in [3.63, 3.8) is 0 Å². The van der Waals surface area contributed by atoms with E-state index >= 15 is 0 Å². The van der Waals surface area contributed by atoms with Gasteiger partial charge in [0.1, 0.15) is 11.9 Å². The predicted molar refractivity (Wildman–Crippen MR) is 102 cm³/mol. The third-order valence-corrected chi connectivity index (χ3v) is 5.67. The lowest BCUT2D eigenvalue weighted by Crippen LogP contribution is -2.35. The van der Waals surface area contributed by atoms with Crippen molar-refractivity contribution in [3.8, 4) is 5.75 Å². The van der Waals surface area contributed by atoms with Crippen molar-refractivity contribution in [1.82, 2.24) is 4.72 Å². The summed E-state index contributed by atoms with van der Waals surface area (Å²) in [7, 11) is -1.99. The van der Waals surface area contributed by atoms with Gasteiger partial charge in [0.15, 0.2) is 0 Å². The minimum Gasteiger partial charge on any atom is -0.497 e. The summed E-state index contributed by atoms with van der Waals surface area (Å²) >= 11 is 0. The molecule has 0 saturated carbocycles. The molecule has 27 heavy (non-hydrogen) atoms. The first kappa shape index (κ1) is 19.2. The summed E-state index contributed by atoms with van der Waals surface area (Å²) in [6.45, 7) is 2.16. The molecular weight excluding hydrogens is 368 g/mol. The number of aryl methyl sites for hydroxylation is 1. The number of hydrogen-bond donors (Lipinski definition) is 1. The first-order valence-electron chi connectivity index (χ1n) is 8.52. The van der Waals surface area contributed by atoms with E-state index in [1.165, 1.54) is 4.90 Å². The molecule has 3 rings (SSSR count). The number of carbonyl (C=O) groups excluding carboxylic acids is 1. The number of rotatable bonds is 7. The van der Waals surface area contributed by atoms with E-state index in [0.717, 1.165) is 11.1 Å². The standard InChI is InChI=1S/C19H22N2O5S/c1-14-6-3-4-7-15(14)13-27(23,24)20-11-18-12-21(19(22)26-18)16-8-5-9-17(10-16)25-2/h3-10,18,20H,11-13H2,1-2H3. The van der Waals surface area contributed by atoms with Crippen LogP contribution in [-0.4, -0.2) is 40.8 Å². The Labute approximate surface area is 158 Å². The number of nitrogens with one attached hydrogen (secondary N) is 1. The first-order valence-corrected chi connectivity index (χ1v) is 10.2. The average Bonchev–Trinajstić information content (AvgIpc) is 3.03. The van der Waals surface area contributed by atoms with Gasteiger partial charge in [-0.3, -0.25) is 4.90 Å². The van der Waals surface area contributed by atoms with Gasteiger partial charge in [0.25, 0.3) is 0 Å².